The highest BCUT2D eigenvalue weighted by molar-refractivity contribution is 6.50. The first-order valence-corrected chi connectivity index (χ1v) is 15.4. The number of allylic oxidation sites excluding steroid dienone is 4. The lowest BCUT2D eigenvalue weighted by atomic mass is 9.84. The van der Waals surface area contributed by atoms with Crippen molar-refractivity contribution in [2.45, 2.75) is 0 Å². The second-order valence-corrected chi connectivity index (χ2v) is 11.2. The summed E-state index contributed by atoms with van der Waals surface area (Å²) < 4.78 is 0. The zero-order chi connectivity index (χ0) is 32.2. The molecule has 47 heavy (non-hydrogen) atoms. The van der Waals surface area contributed by atoms with Crippen LogP contribution in [0.15, 0.2) is 164 Å². The first-order valence-electron chi connectivity index (χ1n) is 15.4. The fraction of sp³-hybridized carbons (Fsp3) is 0. The van der Waals surface area contributed by atoms with Gasteiger partial charge in [-0.25, -0.2) is 4.98 Å². The Morgan fingerprint density at radius 1 is 0.468 bits per heavy atom. The van der Waals surface area contributed by atoms with Crippen molar-refractivity contribution in [1.82, 2.24) is 9.97 Å². The molecule has 1 aliphatic carbocycles. The topological polar surface area (TPSA) is 99.5 Å². The predicted octanol–water partition coefficient (Wildman–Crippen LogP) is 10.0. The Morgan fingerprint density at radius 3 is 1.64 bits per heavy atom. The van der Waals surface area contributed by atoms with Crippen LogP contribution in [-0.2, 0) is 0 Å². The van der Waals surface area contributed by atoms with Gasteiger partial charge in [-0.2, -0.15) is 0 Å². The van der Waals surface area contributed by atoms with Gasteiger partial charge in [0.25, 0.3) is 0 Å². The summed E-state index contributed by atoms with van der Waals surface area (Å²) in [7, 11) is 0. The Morgan fingerprint density at radius 2 is 1.04 bits per heavy atom. The number of benzene rings is 5. The van der Waals surface area contributed by atoms with Gasteiger partial charge in [-0.05, 0) is 92.4 Å². The zero-order valence-electron chi connectivity index (χ0n) is 25.6. The summed E-state index contributed by atoms with van der Waals surface area (Å²) in [5.74, 6) is 0. The normalized spacial score (nSPS) is 12.5. The molecule has 0 aliphatic heterocycles. The number of nitrogens with two attached hydrogens (primary N) is 1. The van der Waals surface area contributed by atoms with Gasteiger partial charge in [-0.3, -0.25) is 15.8 Å². The van der Waals surface area contributed by atoms with Crippen LogP contribution in [0.4, 0.5) is 5.69 Å². The Kier molecular flexibility index (Phi) is 8.02. The van der Waals surface area contributed by atoms with E-state index < -0.39 is 0 Å². The Labute approximate surface area is 273 Å². The van der Waals surface area contributed by atoms with Gasteiger partial charge >= 0.3 is 0 Å². The number of fused-ring (bicyclic) bond motifs is 2. The first kappa shape index (κ1) is 29.3. The molecule has 0 atom stereocenters. The van der Waals surface area contributed by atoms with Crippen LogP contribution < -0.4 is 5.73 Å². The number of pyridine rings is 2. The molecular formula is C42H31N5. The highest BCUT2D eigenvalue weighted by atomic mass is 14.7. The van der Waals surface area contributed by atoms with E-state index in [1.54, 1.807) is 18.3 Å². The van der Waals surface area contributed by atoms with Crippen molar-refractivity contribution in [3.8, 4) is 33.6 Å². The molecule has 1 aliphatic rings. The van der Waals surface area contributed by atoms with E-state index in [2.05, 4.69) is 82.8 Å². The van der Waals surface area contributed by atoms with Gasteiger partial charge in [-0.1, -0.05) is 103 Å². The standard InChI is InChI=1S/C26H18N2.C16H13N3/c27-23-15-14-18(16-24(23)28)26-21-12-6-4-10-19(21)25(17-8-2-1-3-9-17)20-11-5-7-13-22(20)26;17-14-8-6-12(7-9-14)15-4-1-5-16(19-15)13-3-2-10-18-11-13/h1-16,27-28H;1-11H,17H2. The van der Waals surface area contributed by atoms with Crippen LogP contribution >= 0.6 is 0 Å². The maximum absolute atomic E-state index is 8.12. The molecule has 2 heterocycles. The van der Waals surface area contributed by atoms with Crippen LogP contribution in [0.1, 0.15) is 5.56 Å². The Hall–Kier alpha value is -6.46. The molecule has 0 unspecified atom stereocenters. The number of anilines is 1. The van der Waals surface area contributed by atoms with Crippen LogP contribution in [0.5, 0.6) is 0 Å². The van der Waals surface area contributed by atoms with Crippen molar-refractivity contribution in [1.29, 1.82) is 10.8 Å². The number of nitrogen functional groups attached to an aromatic ring is 1. The fourth-order valence-corrected chi connectivity index (χ4v) is 5.98. The van der Waals surface area contributed by atoms with Crippen molar-refractivity contribution in [3.05, 3.63) is 170 Å². The van der Waals surface area contributed by atoms with Gasteiger partial charge in [0.05, 0.1) is 22.8 Å². The smallest absolute Gasteiger partial charge is 0.0795 e. The quantitative estimate of drug-likeness (QED) is 0.106. The molecule has 0 amide bonds. The summed E-state index contributed by atoms with van der Waals surface area (Å²) in [6, 6.07) is 45.1. The van der Waals surface area contributed by atoms with Crippen molar-refractivity contribution >= 4 is 44.2 Å². The van der Waals surface area contributed by atoms with Gasteiger partial charge in [-0.15, -0.1) is 0 Å². The van der Waals surface area contributed by atoms with Crippen LogP contribution in [0.3, 0.4) is 0 Å². The van der Waals surface area contributed by atoms with E-state index in [1.165, 1.54) is 21.9 Å². The summed E-state index contributed by atoms with van der Waals surface area (Å²) in [5.41, 5.74) is 15.4. The summed E-state index contributed by atoms with van der Waals surface area (Å²) in [4.78, 5) is 8.78. The van der Waals surface area contributed by atoms with Gasteiger partial charge in [0, 0.05) is 29.2 Å². The average Bonchev–Trinajstić information content (AvgIpc) is 3.13. The van der Waals surface area contributed by atoms with Gasteiger partial charge in [0.1, 0.15) is 0 Å². The Balaban J connectivity index is 0.000000161. The monoisotopic (exact) mass is 605 g/mol. The highest BCUT2D eigenvalue weighted by Crippen LogP contribution is 2.42. The van der Waals surface area contributed by atoms with Crippen molar-refractivity contribution in [2.24, 2.45) is 0 Å². The van der Waals surface area contributed by atoms with Crippen molar-refractivity contribution < 1.29 is 0 Å². The van der Waals surface area contributed by atoms with E-state index in [1.807, 2.05) is 72.9 Å². The second-order valence-electron chi connectivity index (χ2n) is 11.2. The SMILES string of the molecule is N=C1C=CC(c2c3ccccc3c(-c3ccccc3)c3ccccc23)=CC1=N.Nc1ccc(-c2cccc(-c3cccnc3)n2)cc1. The van der Waals surface area contributed by atoms with Crippen LogP contribution in [0, 0.1) is 10.8 Å². The number of nitrogens with zero attached hydrogens (tertiary/aromatic N) is 2. The molecular weight excluding hydrogens is 574 g/mol. The van der Waals surface area contributed by atoms with Crippen molar-refractivity contribution in [2.75, 3.05) is 5.73 Å². The van der Waals surface area contributed by atoms with Gasteiger partial charge in [0.2, 0.25) is 0 Å². The third-order valence-electron chi connectivity index (χ3n) is 8.22. The van der Waals surface area contributed by atoms with E-state index in [-0.39, 0.29) is 11.4 Å². The summed E-state index contributed by atoms with van der Waals surface area (Å²) in [6.45, 7) is 0. The van der Waals surface area contributed by atoms with E-state index in [0.29, 0.717) is 0 Å². The first-order chi connectivity index (χ1) is 23.1. The zero-order valence-corrected chi connectivity index (χ0v) is 25.6. The summed E-state index contributed by atoms with van der Waals surface area (Å²) in [5, 5.41) is 20.7. The second kappa shape index (κ2) is 12.9. The minimum atomic E-state index is 0.248. The molecule has 8 rings (SSSR count). The van der Waals surface area contributed by atoms with Gasteiger partial charge < -0.3 is 5.73 Å². The average molecular weight is 606 g/mol. The maximum Gasteiger partial charge on any atom is 0.0795 e. The molecule has 7 aromatic rings. The lowest BCUT2D eigenvalue weighted by Crippen LogP contribution is -2.10. The maximum atomic E-state index is 8.12. The molecule has 0 radical (unpaired) electrons. The third-order valence-corrected chi connectivity index (χ3v) is 8.22. The number of rotatable bonds is 4. The van der Waals surface area contributed by atoms with Crippen LogP contribution in [0.25, 0.3) is 60.8 Å². The molecule has 224 valence electrons. The van der Waals surface area contributed by atoms with E-state index in [4.69, 9.17) is 16.6 Å². The van der Waals surface area contributed by atoms with E-state index in [0.717, 1.165) is 50.1 Å². The van der Waals surface area contributed by atoms with E-state index in [9.17, 15) is 0 Å². The predicted molar refractivity (Wildman–Crippen MR) is 197 cm³/mol. The molecule has 0 fully saturated rings. The largest absolute Gasteiger partial charge is 0.399 e. The fourth-order valence-electron chi connectivity index (χ4n) is 5.98. The number of hydrogen-bond acceptors (Lipinski definition) is 5. The number of hydrogen-bond donors (Lipinski definition) is 3. The molecule has 0 bridgehead atoms. The van der Waals surface area contributed by atoms with Crippen LogP contribution in [0.2, 0.25) is 0 Å². The molecule has 4 N–H and O–H groups in total. The molecule has 0 saturated heterocycles. The molecule has 0 saturated carbocycles. The van der Waals surface area contributed by atoms with Crippen molar-refractivity contribution in [3.63, 3.8) is 0 Å². The molecule has 0 spiro atoms. The summed E-state index contributed by atoms with van der Waals surface area (Å²) in [6.07, 6.45) is 9.05. The molecule has 5 heteroatoms. The molecule has 2 aromatic heterocycles. The number of aromatic nitrogens is 2. The molecule has 5 aromatic carbocycles. The Bertz CT molecular complexity index is 2260. The lowest BCUT2D eigenvalue weighted by molar-refractivity contribution is 1.28. The van der Waals surface area contributed by atoms with E-state index >= 15 is 0 Å². The third kappa shape index (κ3) is 5.98. The minimum absolute atomic E-state index is 0.248. The van der Waals surface area contributed by atoms with Crippen LogP contribution in [-0.4, -0.2) is 21.4 Å². The molecule has 5 nitrogen and oxygen atoms in total. The lowest BCUT2D eigenvalue weighted by Gasteiger charge is -2.19. The highest BCUT2D eigenvalue weighted by Gasteiger charge is 2.18. The number of nitrogens with one attached hydrogen (secondary N) is 2. The van der Waals surface area contributed by atoms with Gasteiger partial charge in [0.15, 0.2) is 0 Å². The minimum Gasteiger partial charge on any atom is -0.399 e. The summed E-state index contributed by atoms with van der Waals surface area (Å²) >= 11 is 0.